The molecule has 2 unspecified atom stereocenters. The normalized spacial score (nSPS) is 16.2. The minimum absolute atomic E-state index is 0.0752. The molecule has 3 N–H and O–H groups in total. The highest BCUT2D eigenvalue weighted by Crippen LogP contribution is 2.46. The van der Waals surface area contributed by atoms with Crippen LogP contribution in [-0.2, 0) is 4.79 Å². The number of aliphatic hydroxyl groups is 2. The molecule has 0 spiro atoms. The molecule has 7 heteroatoms. The highest BCUT2D eigenvalue weighted by molar-refractivity contribution is 5.79. The number of carboxylic acids is 1. The number of benzene rings is 1. The van der Waals surface area contributed by atoms with Gasteiger partial charge in [0.25, 0.3) is 0 Å². The number of carbonyl (C=O) groups is 1. The second kappa shape index (κ2) is 8.38. The largest absolute Gasteiger partial charge is 0.481 e. The van der Waals surface area contributed by atoms with E-state index in [0.29, 0.717) is 11.6 Å². The molecular weight excluding hydrogens is 387 g/mol. The first-order chi connectivity index (χ1) is 14.4. The number of aliphatic carboxylic acids is 1. The number of aromatic nitrogens is 2. The van der Waals surface area contributed by atoms with Crippen molar-refractivity contribution in [2.24, 2.45) is 0 Å². The first-order valence-electron chi connectivity index (χ1n) is 9.95. The van der Waals surface area contributed by atoms with E-state index >= 15 is 0 Å². The molecule has 4 rings (SSSR count). The van der Waals surface area contributed by atoms with Gasteiger partial charge in [-0.1, -0.05) is 12.2 Å². The number of rotatable bonds is 8. The monoisotopic (exact) mass is 410 g/mol. The zero-order chi connectivity index (χ0) is 21.3. The van der Waals surface area contributed by atoms with Gasteiger partial charge in [-0.2, -0.15) is 5.10 Å². The molecule has 156 valence electrons. The number of carboxylic acid groups (broad SMARTS) is 1. The molecule has 0 amide bonds. The lowest BCUT2D eigenvalue weighted by Crippen LogP contribution is -2.19. The molecular formula is C23H23FN2O4. The SMILES string of the molecule is O=C(O)CC(O)CC(O)/C=C/c1c(-c2ccc(F)cc2)nn2cccc2c1C1CC1. The molecule has 3 aromatic rings. The molecule has 30 heavy (non-hydrogen) atoms. The first kappa shape index (κ1) is 20.3. The van der Waals surface area contributed by atoms with Crippen LogP contribution in [0.15, 0.2) is 48.7 Å². The van der Waals surface area contributed by atoms with Crippen molar-refractivity contribution in [1.82, 2.24) is 9.61 Å². The van der Waals surface area contributed by atoms with Gasteiger partial charge in [-0.25, -0.2) is 8.91 Å². The van der Waals surface area contributed by atoms with Gasteiger partial charge in [0.05, 0.1) is 29.8 Å². The fourth-order valence-electron chi connectivity index (χ4n) is 3.74. The van der Waals surface area contributed by atoms with Crippen LogP contribution in [0.4, 0.5) is 4.39 Å². The van der Waals surface area contributed by atoms with E-state index in [4.69, 9.17) is 10.2 Å². The van der Waals surface area contributed by atoms with E-state index in [1.54, 1.807) is 24.3 Å². The van der Waals surface area contributed by atoms with Crippen LogP contribution in [0.2, 0.25) is 0 Å². The van der Waals surface area contributed by atoms with Crippen molar-refractivity contribution >= 4 is 17.6 Å². The van der Waals surface area contributed by atoms with Crippen LogP contribution in [0.3, 0.4) is 0 Å². The predicted molar refractivity (Wildman–Crippen MR) is 110 cm³/mol. The Hall–Kier alpha value is -3.03. The molecule has 2 heterocycles. The maximum Gasteiger partial charge on any atom is 0.305 e. The lowest BCUT2D eigenvalue weighted by Gasteiger charge is -2.15. The number of hydrogen-bond donors (Lipinski definition) is 3. The molecule has 1 saturated carbocycles. The van der Waals surface area contributed by atoms with Gasteiger partial charge in [0.1, 0.15) is 5.82 Å². The third kappa shape index (κ3) is 4.42. The lowest BCUT2D eigenvalue weighted by atomic mass is 9.96. The van der Waals surface area contributed by atoms with Gasteiger partial charge in [-0.15, -0.1) is 0 Å². The van der Waals surface area contributed by atoms with E-state index in [2.05, 4.69) is 0 Å². The van der Waals surface area contributed by atoms with Crippen molar-refractivity contribution in [2.45, 2.75) is 43.8 Å². The first-order valence-corrected chi connectivity index (χ1v) is 9.95. The Morgan fingerprint density at radius 1 is 1.23 bits per heavy atom. The standard InChI is InChI=1S/C23H23FN2O4/c24-16-7-5-15(6-8-16)23-19(10-9-17(27)12-18(28)13-21(29)30)22(14-3-4-14)20-2-1-11-26(20)25-23/h1-2,5-11,14,17-18,27-28H,3-4,12-13H2,(H,29,30)/b10-9+. The summed E-state index contributed by atoms with van der Waals surface area (Å²) in [5.41, 5.74) is 4.40. The molecule has 2 atom stereocenters. The highest BCUT2D eigenvalue weighted by atomic mass is 19.1. The summed E-state index contributed by atoms with van der Waals surface area (Å²) >= 11 is 0. The Bertz CT molecular complexity index is 1090. The van der Waals surface area contributed by atoms with Crippen LogP contribution in [0.25, 0.3) is 22.9 Å². The van der Waals surface area contributed by atoms with Gasteiger partial charge < -0.3 is 15.3 Å². The Morgan fingerprint density at radius 3 is 2.63 bits per heavy atom. The predicted octanol–water partition coefficient (Wildman–Crippen LogP) is 3.62. The quantitative estimate of drug-likeness (QED) is 0.527. The summed E-state index contributed by atoms with van der Waals surface area (Å²) in [7, 11) is 0. The van der Waals surface area contributed by atoms with Gasteiger partial charge in [0.15, 0.2) is 0 Å². The van der Waals surface area contributed by atoms with Crippen molar-refractivity contribution < 1.29 is 24.5 Å². The Kier molecular flexibility index (Phi) is 5.65. The summed E-state index contributed by atoms with van der Waals surface area (Å²) in [6, 6.07) is 10.0. The summed E-state index contributed by atoms with van der Waals surface area (Å²) in [6.07, 6.45) is 4.71. The molecule has 1 fully saturated rings. The van der Waals surface area contributed by atoms with E-state index in [1.165, 1.54) is 12.1 Å². The molecule has 0 saturated heterocycles. The van der Waals surface area contributed by atoms with Gasteiger partial charge in [-0.05, 0) is 60.7 Å². The molecule has 1 aliphatic rings. The van der Waals surface area contributed by atoms with E-state index in [-0.39, 0.29) is 12.2 Å². The third-order valence-electron chi connectivity index (χ3n) is 5.27. The van der Waals surface area contributed by atoms with Crippen LogP contribution >= 0.6 is 0 Å². The second-order valence-electron chi connectivity index (χ2n) is 7.71. The van der Waals surface area contributed by atoms with Crippen molar-refractivity contribution in [1.29, 1.82) is 0 Å². The van der Waals surface area contributed by atoms with Crippen molar-refractivity contribution in [3.63, 3.8) is 0 Å². The molecule has 6 nitrogen and oxygen atoms in total. The molecule has 2 aromatic heterocycles. The number of halogens is 1. The average Bonchev–Trinajstić information content (AvgIpc) is 3.42. The summed E-state index contributed by atoms with van der Waals surface area (Å²) in [5, 5.41) is 33.6. The minimum Gasteiger partial charge on any atom is -0.481 e. The van der Waals surface area contributed by atoms with E-state index in [1.807, 2.05) is 22.8 Å². The Morgan fingerprint density at radius 2 is 1.97 bits per heavy atom. The van der Waals surface area contributed by atoms with Gasteiger partial charge in [-0.3, -0.25) is 4.79 Å². The van der Waals surface area contributed by atoms with Gasteiger partial charge in [0.2, 0.25) is 0 Å². The molecule has 1 aromatic carbocycles. The topological polar surface area (TPSA) is 95.1 Å². The molecule has 0 bridgehead atoms. The third-order valence-corrected chi connectivity index (χ3v) is 5.27. The summed E-state index contributed by atoms with van der Waals surface area (Å²) in [4.78, 5) is 10.7. The Balaban J connectivity index is 1.74. The second-order valence-corrected chi connectivity index (χ2v) is 7.71. The fourth-order valence-corrected chi connectivity index (χ4v) is 3.74. The fraction of sp³-hybridized carbons (Fsp3) is 0.304. The minimum atomic E-state index is -1.13. The zero-order valence-electron chi connectivity index (χ0n) is 16.3. The van der Waals surface area contributed by atoms with E-state index in [9.17, 15) is 19.4 Å². The molecule has 0 aliphatic heterocycles. The highest BCUT2D eigenvalue weighted by Gasteiger charge is 2.30. The average molecular weight is 410 g/mol. The van der Waals surface area contributed by atoms with Crippen LogP contribution in [0.5, 0.6) is 0 Å². The number of nitrogens with zero attached hydrogens (tertiary/aromatic N) is 2. The van der Waals surface area contributed by atoms with E-state index < -0.39 is 24.6 Å². The van der Waals surface area contributed by atoms with E-state index in [0.717, 1.165) is 35.0 Å². The van der Waals surface area contributed by atoms with Gasteiger partial charge in [0, 0.05) is 23.7 Å². The summed E-state index contributed by atoms with van der Waals surface area (Å²) < 4.78 is 15.3. The Labute approximate surface area is 172 Å². The van der Waals surface area contributed by atoms with Crippen molar-refractivity contribution in [3.8, 4) is 11.3 Å². The molecule has 0 radical (unpaired) electrons. The van der Waals surface area contributed by atoms with Crippen LogP contribution in [0.1, 0.15) is 42.7 Å². The van der Waals surface area contributed by atoms with Crippen LogP contribution < -0.4 is 0 Å². The molecule has 1 aliphatic carbocycles. The maximum atomic E-state index is 13.5. The summed E-state index contributed by atoms with van der Waals surface area (Å²) in [6.45, 7) is 0. The van der Waals surface area contributed by atoms with Crippen molar-refractivity contribution in [2.75, 3.05) is 0 Å². The number of hydrogen-bond acceptors (Lipinski definition) is 4. The van der Waals surface area contributed by atoms with Crippen LogP contribution in [0, 0.1) is 5.82 Å². The lowest BCUT2D eigenvalue weighted by molar-refractivity contribution is -0.139. The zero-order valence-corrected chi connectivity index (χ0v) is 16.3. The van der Waals surface area contributed by atoms with Gasteiger partial charge >= 0.3 is 5.97 Å². The van der Waals surface area contributed by atoms with Crippen molar-refractivity contribution in [3.05, 3.63) is 65.6 Å². The van der Waals surface area contributed by atoms with Crippen LogP contribution in [-0.4, -0.2) is 43.1 Å². The number of fused-ring (bicyclic) bond motifs is 1. The summed E-state index contributed by atoms with van der Waals surface area (Å²) in [5.74, 6) is -1.06. The number of aliphatic hydroxyl groups excluding tert-OH is 2. The maximum absolute atomic E-state index is 13.5. The smallest absolute Gasteiger partial charge is 0.305 e.